The van der Waals surface area contributed by atoms with Crippen molar-refractivity contribution in [1.29, 1.82) is 0 Å². The van der Waals surface area contributed by atoms with E-state index in [0.717, 1.165) is 11.6 Å². The smallest absolute Gasteiger partial charge is 0.258 e. The van der Waals surface area contributed by atoms with E-state index < -0.39 is 16.7 Å². The van der Waals surface area contributed by atoms with Gasteiger partial charge in [-0.15, -0.1) is 0 Å². The van der Waals surface area contributed by atoms with Crippen LogP contribution in [-0.4, -0.2) is 19.7 Å². The molecule has 0 aliphatic rings. The van der Waals surface area contributed by atoms with Gasteiger partial charge >= 0.3 is 6.18 Å². The van der Waals surface area contributed by atoms with Gasteiger partial charge in [-0.05, 0) is 32.0 Å². The molecule has 0 bridgehead atoms. The maximum Gasteiger partial charge on any atom is 0.417 e. The van der Waals surface area contributed by atoms with Gasteiger partial charge in [-0.25, -0.2) is 9.67 Å². The standard InChI is InChI=1S/C21H15F3N4O2/c1-12-5-3-6-14(9-12)18-11-17(21(22,23)24)19-13(2)26-27(20(19)25-18)15-7-4-8-16(10-15)28(29)30/h3-11H,1-2H3. The molecule has 2 aromatic heterocycles. The van der Waals surface area contributed by atoms with Gasteiger partial charge < -0.3 is 0 Å². The lowest BCUT2D eigenvalue weighted by Gasteiger charge is -2.12. The minimum Gasteiger partial charge on any atom is -0.258 e. The number of halogens is 3. The molecular weight excluding hydrogens is 397 g/mol. The number of aryl methyl sites for hydroxylation is 2. The van der Waals surface area contributed by atoms with E-state index in [1.807, 2.05) is 13.0 Å². The van der Waals surface area contributed by atoms with Crippen molar-refractivity contribution in [2.24, 2.45) is 0 Å². The summed E-state index contributed by atoms with van der Waals surface area (Å²) in [5, 5.41) is 15.2. The van der Waals surface area contributed by atoms with Gasteiger partial charge in [-0.2, -0.15) is 18.3 Å². The summed E-state index contributed by atoms with van der Waals surface area (Å²) in [6, 6.07) is 13.6. The Hall–Kier alpha value is -3.75. The summed E-state index contributed by atoms with van der Waals surface area (Å²) in [5.41, 5.74) is 0.886. The first kappa shape index (κ1) is 19.6. The topological polar surface area (TPSA) is 73.8 Å². The average molecular weight is 412 g/mol. The van der Waals surface area contributed by atoms with Crippen LogP contribution in [-0.2, 0) is 6.18 Å². The van der Waals surface area contributed by atoms with E-state index in [-0.39, 0.29) is 33.8 Å². The quantitative estimate of drug-likeness (QED) is 0.323. The highest BCUT2D eigenvalue weighted by Crippen LogP contribution is 2.38. The van der Waals surface area contributed by atoms with E-state index in [9.17, 15) is 23.3 Å². The highest BCUT2D eigenvalue weighted by molar-refractivity contribution is 5.87. The van der Waals surface area contributed by atoms with Crippen LogP contribution >= 0.6 is 0 Å². The van der Waals surface area contributed by atoms with Gasteiger partial charge in [-0.3, -0.25) is 10.1 Å². The van der Waals surface area contributed by atoms with Crippen LogP contribution in [0.15, 0.2) is 54.6 Å². The lowest BCUT2D eigenvalue weighted by atomic mass is 10.0. The third-order valence-corrected chi connectivity index (χ3v) is 4.72. The first-order valence-electron chi connectivity index (χ1n) is 8.94. The first-order valence-corrected chi connectivity index (χ1v) is 8.94. The zero-order chi connectivity index (χ0) is 21.6. The van der Waals surface area contributed by atoms with E-state index >= 15 is 0 Å². The lowest BCUT2D eigenvalue weighted by Crippen LogP contribution is -2.08. The van der Waals surface area contributed by atoms with Gasteiger partial charge in [0.2, 0.25) is 0 Å². The molecule has 4 rings (SSSR count). The van der Waals surface area contributed by atoms with Crippen molar-refractivity contribution in [3.8, 4) is 16.9 Å². The van der Waals surface area contributed by atoms with Gasteiger partial charge in [0.1, 0.15) is 0 Å². The molecular formula is C21H15F3N4O2. The highest BCUT2D eigenvalue weighted by atomic mass is 19.4. The molecule has 30 heavy (non-hydrogen) atoms. The van der Waals surface area contributed by atoms with Crippen LogP contribution in [0.5, 0.6) is 0 Å². The van der Waals surface area contributed by atoms with E-state index in [0.29, 0.717) is 5.56 Å². The Morgan fingerprint density at radius 2 is 1.77 bits per heavy atom. The number of aromatic nitrogens is 3. The van der Waals surface area contributed by atoms with Crippen molar-refractivity contribution in [2.45, 2.75) is 20.0 Å². The Kier molecular flexibility index (Phi) is 4.53. The molecule has 0 radical (unpaired) electrons. The lowest BCUT2D eigenvalue weighted by molar-refractivity contribution is -0.384. The van der Waals surface area contributed by atoms with Crippen LogP contribution in [0.1, 0.15) is 16.8 Å². The third kappa shape index (κ3) is 3.38. The summed E-state index contributed by atoms with van der Waals surface area (Å²) in [4.78, 5) is 15.0. The zero-order valence-corrected chi connectivity index (χ0v) is 15.9. The highest BCUT2D eigenvalue weighted by Gasteiger charge is 2.36. The number of rotatable bonds is 3. The number of nitrogens with zero attached hydrogens (tertiary/aromatic N) is 4. The van der Waals surface area contributed by atoms with Crippen molar-refractivity contribution in [3.63, 3.8) is 0 Å². The predicted molar refractivity (Wildman–Crippen MR) is 105 cm³/mol. The fourth-order valence-electron chi connectivity index (χ4n) is 3.38. The van der Waals surface area contributed by atoms with Crippen molar-refractivity contribution in [1.82, 2.24) is 14.8 Å². The predicted octanol–water partition coefficient (Wildman–Crippen LogP) is 5.63. The molecule has 2 heterocycles. The van der Waals surface area contributed by atoms with Gasteiger partial charge in [0.05, 0.1) is 32.9 Å². The van der Waals surface area contributed by atoms with Crippen LogP contribution in [0, 0.1) is 24.0 Å². The number of nitro benzene ring substituents is 1. The van der Waals surface area contributed by atoms with Gasteiger partial charge in [-0.1, -0.05) is 29.8 Å². The maximum absolute atomic E-state index is 13.9. The Morgan fingerprint density at radius 3 is 2.43 bits per heavy atom. The minimum atomic E-state index is -4.62. The molecule has 4 aromatic rings. The SMILES string of the molecule is Cc1cccc(-c2cc(C(F)(F)F)c3c(C)nn(-c4cccc([N+](=O)[O-])c4)c3n2)c1. The molecule has 0 N–H and O–H groups in total. The number of benzene rings is 2. The number of fused-ring (bicyclic) bond motifs is 1. The van der Waals surface area contributed by atoms with Crippen molar-refractivity contribution in [3.05, 3.63) is 81.5 Å². The van der Waals surface area contributed by atoms with Gasteiger partial charge in [0.25, 0.3) is 5.69 Å². The first-order chi connectivity index (χ1) is 14.1. The van der Waals surface area contributed by atoms with E-state index in [1.54, 1.807) is 18.2 Å². The Balaban J connectivity index is 2.05. The molecule has 0 saturated heterocycles. The number of pyridine rings is 1. The molecule has 0 spiro atoms. The Bertz CT molecular complexity index is 1300. The molecule has 0 aliphatic carbocycles. The van der Waals surface area contributed by atoms with Crippen LogP contribution in [0.4, 0.5) is 18.9 Å². The number of non-ortho nitro benzene ring substituents is 1. The number of hydrogen-bond acceptors (Lipinski definition) is 4. The van der Waals surface area contributed by atoms with E-state index in [1.165, 1.54) is 35.9 Å². The monoisotopic (exact) mass is 412 g/mol. The molecule has 0 atom stereocenters. The number of nitro groups is 1. The van der Waals surface area contributed by atoms with Crippen LogP contribution in [0.3, 0.4) is 0 Å². The molecule has 0 amide bonds. The summed E-state index contributed by atoms with van der Waals surface area (Å²) < 4.78 is 42.9. The van der Waals surface area contributed by atoms with Crippen LogP contribution < -0.4 is 0 Å². The number of alkyl halides is 3. The Labute approximate surface area is 168 Å². The summed E-state index contributed by atoms with van der Waals surface area (Å²) >= 11 is 0. The summed E-state index contributed by atoms with van der Waals surface area (Å²) in [6.45, 7) is 3.30. The van der Waals surface area contributed by atoms with Crippen molar-refractivity contribution in [2.75, 3.05) is 0 Å². The second kappa shape index (κ2) is 6.94. The minimum absolute atomic E-state index is 0.0145. The second-order valence-electron chi connectivity index (χ2n) is 6.90. The molecule has 9 heteroatoms. The van der Waals surface area contributed by atoms with Crippen molar-refractivity contribution >= 4 is 16.7 Å². The largest absolute Gasteiger partial charge is 0.417 e. The molecule has 0 fully saturated rings. The average Bonchev–Trinajstić information content (AvgIpc) is 3.03. The fourth-order valence-corrected chi connectivity index (χ4v) is 3.38. The normalized spacial score (nSPS) is 11.8. The molecule has 0 unspecified atom stereocenters. The molecule has 0 saturated carbocycles. The molecule has 0 aliphatic heterocycles. The zero-order valence-electron chi connectivity index (χ0n) is 15.9. The van der Waals surface area contributed by atoms with Crippen LogP contribution in [0.25, 0.3) is 28.0 Å². The van der Waals surface area contributed by atoms with E-state index in [4.69, 9.17) is 0 Å². The summed E-state index contributed by atoms with van der Waals surface area (Å²) in [6.07, 6.45) is -4.62. The van der Waals surface area contributed by atoms with Crippen LogP contribution in [0.2, 0.25) is 0 Å². The number of hydrogen-bond donors (Lipinski definition) is 0. The summed E-state index contributed by atoms with van der Waals surface area (Å²) in [5.74, 6) is 0. The van der Waals surface area contributed by atoms with Crippen molar-refractivity contribution < 1.29 is 18.1 Å². The molecule has 2 aromatic carbocycles. The summed E-state index contributed by atoms with van der Waals surface area (Å²) in [7, 11) is 0. The van der Waals surface area contributed by atoms with Gasteiger partial charge in [0, 0.05) is 17.7 Å². The maximum atomic E-state index is 13.9. The Morgan fingerprint density at radius 1 is 1.03 bits per heavy atom. The van der Waals surface area contributed by atoms with Gasteiger partial charge in [0.15, 0.2) is 5.65 Å². The molecule has 152 valence electrons. The molecule has 6 nitrogen and oxygen atoms in total. The fraction of sp³-hybridized carbons (Fsp3) is 0.143. The third-order valence-electron chi connectivity index (χ3n) is 4.72. The van der Waals surface area contributed by atoms with E-state index in [2.05, 4.69) is 10.1 Å². The second-order valence-corrected chi connectivity index (χ2v) is 6.90.